The van der Waals surface area contributed by atoms with Crippen LogP contribution in [0.5, 0.6) is 5.75 Å². The van der Waals surface area contributed by atoms with Gasteiger partial charge in [-0.2, -0.15) is 5.26 Å². The van der Waals surface area contributed by atoms with E-state index >= 15 is 0 Å². The van der Waals surface area contributed by atoms with E-state index in [0.717, 1.165) is 0 Å². The highest BCUT2D eigenvalue weighted by Crippen LogP contribution is 2.16. The highest BCUT2D eigenvalue weighted by Gasteiger charge is 2.06. The number of rotatable bonds is 6. The molecule has 0 spiro atoms. The normalized spacial score (nSPS) is 11.2. The number of ether oxygens (including phenoxy) is 1. The van der Waals surface area contributed by atoms with Crippen molar-refractivity contribution >= 4 is 0 Å². The maximum Gasteiger partial charge on any atom is 0.137 e. The fourth-order valence-electron chi connectivity index (χ4n) is 1.24. The van der Waals surface area contributed by atoms with Gasteiger partial charge in [0.05, 0.1) is 12.1 Å². The van der Waals surface area contributed by atoms with Crippen molar-refractivity contribution in [3.8, 4) is 24.2 Å². The molecule has 1 aromatic rings. The van der Waals surface area contributed by atoms with Crippen LogP contribution in [0.3, 0.4) is 0 Å². The second-order valence-corrected chi connectivity index (χ2v) is 3.41. The summed E-state index contributed by atoms with van der Waals surface area (Å²) >= 11 is 0. The van der Waals surface area contributed by atoms with Gasteiger partial charge in [0.25, 0.3) is 0 Å². The first kappa shape index (κ1) is 13.1. The Kier molecular flexibility index (Phi) is 5.60. The summed E-state index contributed by atoms with van der Waals surface area (Å²) < 4.78 is 5.36. The van der Waals surface area contributed by atoms with Gasteiger partial charge in [0.2, 0.25) is 0 Å². The van der Waals surface area contributed by atoms with Crippen LogP contribution in [0.15, 0.2) is 24.3 Å². The summed E-state index contributed by atoms with van der Waals surface area (Å²) in [5.41, 5.74) is 0.455. The highest BCUT2D eigenvalue weighted by molar-refractivity contribution is 5.42. The predicted molar refractivity (Wildman–Crippen MR) is 64.4 cm³/mol. The minimum absolute atomic E-state index is 0.121. The first-order chi connectivity index (χ1) is 8.27. The molecule has 0 aliphatic heterocycles. The highest BCUT2D eigenvalue weighted by atomic mass is 16.5. The molecule has 17 heavy (non-hydrogen) atoms. The van der Waals surface area contributed by atoms with Crippen molar-refractivity contribution in [3.05, 3.63) is 29.8 Å². The number of para-hydroxylation sites is 1. The Balaban J connectivity index is 2.40. The fourth-order valence-corrected chi connectivity index (χ4v) is 1.24. The zero-order valence-corrected chi connectivity index (χ0v) is 9.39. The van der Waals surface area contributed by atoms with E-state index in [9.17, 15) is 5.11 Å². The van der Waals surface area contributed by atoms with Gasteiger partial charge in [-0.1, -0.05) is 18.1 Å². The molecule has 2 N–H and O–H groups in total. The lowest BCUT2D eigenvalue weighted by atomic mass is 10.2. The maximum atomic E-state index is 9.56. The Morgan fingerprint density at radius 2 is 2.24 bits per heavy atom. The van der Waals surface area contributed by atoms with Crippen molar-refractivity contribution in [1.82, 2.24) is 5.32 Å². The van der Waals surface area contributed by atoms with E-state index in [4.69, 9.17) is 16.4 Å². The van der Waals surface area contributed by atoms with Gasteiger partial charge in [-0.05, 0) is 12.1 Å². The van der Waals surface area contributed by atoms with E-state index in [1.54, 1.807) is 24.3 Å². The molecule has 0 saturated heterocycles. The molecule has 0 heterocycles. The number of nitrogens with zero attached hydrogens (tertiary/aromatic N) is 1. The molecule has 0 saturated carbocycles. The second-order valence-electron chi connectivity index (χ2n) is 3.41. The van der Waals surface area contributed by atoms with Crippen molar-refractivity contribution < 1.29 is 9.84 Å². The van der Waals surface area contributed by atoms with E-state index in [1.165, 1.54) is 0 Å². The zero-order valence-electron chi connectivity index (χ0n) is 9.39. The van der Waals surface area contributed by atoms with Crippen molar-refractivity contribution in [2.24, 2.45) is 0 Å². The Hall–Kier alpha value is -2.01. The summed E-state index contributed by atoms with van der Waals surface area (Å²) in [5, 5.41) is 21.3. The molecule has 88 valence electrons. The van der Waals surface area contributed by atoms with Gasteiger partial charge in [-0.3, -0.25) is 0 Å². The number of terminal acetylenes is 1. The number of nitrogens with one attached hydrogen (secondary N) is 1. The van der Waals surface area contributed by atoms with Gasteiger partial charge < -0.3 is 15.2 Å². The van der Waals surface area contributed by atoms with Crippen LogP contribution >= 0.6 is 0 Å². The SMILES string of the molecule is C#CCNCC(O)COc1ccccc1C#N. The van der Waals surface area contributed by atoms with E-state index in [0.29, 0.717) is 24.4 Å². The number of aliphatic hydroxyl groups excluding tert-OH is 1. The second kappa shape index (κ2) is 7.29. The van der Waals surface area contributed by atoms with Crippen LogP contribution in [0.25, 0.3) is 0 Å². The van der Waals surface area contributed by atoms with Crippen molar-refractivity contribution in [1.29, 1.82) is 5.26 Å². The van der Waals surface area contributed by atoms with Crippen molar-refractivity contribution in [2.45, 2.75) is 6.10 Å². The van der Waals surface area contributed by atoms with E-state index < -0.39 is 6.10 Å². The molecule has 0 amide bonds. The standard InChI is InChI=1S/C13H14N2O2/c1-2-7-15-9-12(16)10-17-13-6-4-3-5-11(13)8-14/h1,3-6,12,15-16H,7,9-10H2. The monoisotopic (exact) mass is 230 g/mol. The molecule has 4 nitrogen and oxygen atoms in total. The predicted octanol–water partition coefficient (Wildman–Crippen LogP) is 0.521. The molecule has 1 atom stereocenters. The largest absolute Gasteiger partial charge is 0.489 e. The van der Waals surface area contributed by atoms with Gasteiger partial charge in [0.1, 0.15) is 24.5 Å². The quantitative estimate of drug-likeness (QED) is 0.552. The molecule has 1 rings (SSSR count). The number of hydrogen-bond acceptors (Lipinski definition) is 4. The van der Waals surface area contributed by atoms with Gasteiger partial charge in [-0.25, -0.2) is 0 Å². The third kappa shape index (κ3) is 4.56. The fraction of sp³-hybridized carbons (Fsp3) is 0.308. The summed E-state index contributed by atoms with van der Waals surface area (Å²) in [7, 11) is 0. The molecule has 1 aromatic carbocycles. The Labute approximate surface area is 101 Å². The van der Waals surface area contributed by atoms with Crippen LogP contribution in [-0.4, -0.2) is 30.9 Å². The van der Waals surface area contributed by atoms with Crippen LogP contribution in [0, 0.1) is 23.7 Å². The lowest BCUT2D eigenvalue weighted by Crippen LogP contribution is -2.31. The Bertz CT molecular complexity index is 432. The van der Waals surface area contributed by atoms with Crippen LogP contribution in [0.1, 0.15) is 5.56 Å². The van der Waals surface area contributed by atoms with E-state index in [2.05, 4.69) is 11.2 Å². The van der Waals surface area contributed by atoms with E-state index in [1.807, 2.05) is 6.07 Å². The lowest BCUT2D eigenvalue weighted by Gasteiger charge is -2.12. The molecule has 0 bridgehead atoms. The molecule has 0 aliphatic rings. The summed E-state index contributed by atoms with van der Waals surface area (Å²) in [4.78, 5) is 0. The first-order valence-corrected chi connectivity index (χ1v) is 5.22. The first-order valence-electron chi connectivity index (χ1n) is 5.22. The van der Waals surface area contributed by atoms with Crippen LogP contribution < -0.4 is 10.1 Å². The molecule has 0 radical (unpaired) electrons. The molecule has 0 fully saturated rings. The number of aliphatic hydroxyl groups is 1. The van der Waals surface area contributed by atoms with Gasteiger partial charge >= 0.3 is 0 Å². The molecule has 0 aromatic heterocycles. The molecular formula is C13H14N2O2. The van der Waals surface area contributed by atoms with Gasteiger partial charge in [0, 0.05) is 6.54 Å². The Morgan fingerprint density at radius 3 is 2.94 bits per heavy atom. The van der Waals surface area contributed by atoms with Crippen molar-refractivity contribution in [3.63, 3.8) is 0 Å². The van der Waals surface area contributed by atoms with Crippen LogP contribution in [-0.2, 0) is 0 Å². The minimum atomic E-state index is -0.657. The Morgan fingerprint density at radius 1 is 1.47 bits per heavy atom. The smallest absolute Gasteiger partial charge is 0.137 e. The summed E-state index contributed by atoms with van der Waals surface area (Å²) in [6, 6.07) is 8.92. The average molecular weight is 230 g/mol. The number of benzene rings is 1. The number of hydrogen-bond donors (Lipinski definition) is 2. The molecular weight excluding hydrogens is 216 g/mol. The van der Waals surface area contributed by atoms with Gasteiger partial charge in [-0.15, -0.1) is 6.42 Å². The summed E-state index contributed by atoms with van der Waals surface area (Å²) in [5.74, 6) is 2.89. The third-order valence-corrected chi connectivity index (χ3v) is 2.05. The summed E-state index contributed by atoms with van der Waals surface area (Å²) in [6.45, 7) is 0.890. The molecule has 4 heteroatoms. The van der Waals surface area contributed by atoms with Crippen LogP contribution in [0.2, 0.25) is 0 Å². The number of nitriles is 1. The van der Waals surface area contributed by atoms with E-state index in [-0.39, 0.29) is 6.61 Å². The minimum Gasteiger partial charge on any atom is -0.489 e. The maximum absolute atomic E-state index is 9.56. The average Bonchev–Trinajstić information content (AvgIpc) is 2.37. The van der Waals surface area contributed by atoms with Crippen LogP contribution in [0.4, 0.5) is 0 Å². The lowest BCUT2D eigenvalue weighted by molar-refractivity contribution is 0.107. The molecule has 1 unspecified atom stereocenters. The summed E-state index contributed by atoms with van der Waals surface area (Å²) in [6.07, 6.45) is 4.40. The third-order valence-electron chi connectivity index (χ3n) is 2.05. The zero-order chi connectivity index (χ0) is 12.5. The van der Waals surface area contributed by atoms with Crippen molar-refractivity contribution in [2.75, 3.05) is 19.7 Å². The molecule has 0 aliphatic carbocycles. The van der Waals surface area contributed by atoms with Gasteiger partial charge in [0.15, 0.2) is 0 Å². The topological polar surface area (TPSA) is 65.3 Å².